The van der Waals surface area contributed by atoms with Crippen LogP contribution in [0.4, 0.5) is 11.5 Å². The van der Waals surface area contributed by atoms with Gasteiger partial charge < -0.3 is 5.32 Å². The summed E-state index contributed by atoms with van der Waals surface area (Å²) in [5.74, 6) is 1.65. The summed E-state index contributed by atoms with van der Waals surface area (Å²) in [7, 11) is 0. The van der Waals surface area contributed by atoms with E-state index in [-0.39, 0.29) is 0 Å². The lowest BCUT2D eigenvalue weighted by atomic mass is 10.1. The summed E-state index contributed by atoms with van der Waals surface area (Å²) in [6.07, 6.45) is 3.75. The lowest BCUT2D eigenvalue weighted by molar-refractivity contribution is 1.11. The summed E-state index contributed by atoms with van der Waals surface area (Å²) in [5, 5.41) is 5.62. The Morgan fingerprint density at radius 3 is 2.83 bits per heavy atom. The Labute approximate surface area is 138 Å². The van der Waals surface area contributed by atoms with Crippen LogP contribution in [-0.4, -0.2) is 14.4 Å². The van der Waals surface area contributed by atoms with E-state index in [1.54, 1.807) is 17.5 Å². The van der Waals surface area contributed by atoms with E-state index in [4.69, 9.17) is 4.98 Å². The molecule has 0 saturated carbocycles. The number of hydrogen-bond acceptors (Lipinski definition) is 4. The first-order valence-corrected chi connectivity index (χ1v) is 8.32. The molecule has 0 aliphatic rings. The lowest BCUT2D eigenvalue weighted by Crippen LogP contribution is -1.99. The second-order valence-electron chi connectivity index (χ2n) is 5.45. The number of thiophene rings is 1. The van der Waals surface area contributed by atoms with E-state index in [9.17, 15) is 0 Å². The molecule has 0 fully saturated rings. The summed E-state index contributed by atoms with van der Waals surface area (Å²) in [6.45, 7) is 4.25. The van der Waals surface area contributed by atoms with Crippen molar-refractivity contribution in [3.8, 4) is 10.6 Å². The van der Waals surface area contributed by atoms with Gasteiger partial charge in [0, 0.05) is 18.1 Å². The molecule has 0 bridgehead atoms. The highest BCUT2D eigenvalue weighted by molar-refractivity contribution is 7.13. The fourth-order valence-corrected chi connectivity index (χ4v) is 3.32. The van der Waals surface area contributed by atoms with E-state index in [2.05, 4.69) is 53.8 Å². The monoisotopic (exact) mass is 320 g/mol. The molecule has 4 rings (SSSR count). The number of rotatable bonds is 3. The molecule has 0 amide bonds. The van der Waals surface area contributed by atoms with E-state index >= 15 is 0 Å². The van der Waals surface area contributed by atoms with Gasteiger partial charge in [0.2, 0.25) is 5.78 Å². The van der Waals surface area contributed by atoms with Crippen LogP contribution in [0.25, 0.3) is 16.3 Å². The first-order valence-electron chi connectivity index (χ1n) is 7.44. The van der Waals surface area contributed by atoms with Crippen molar-refractivity contribution in [3.05, 3.63) is 65.3 Å². The van der Waals surface area contributed by atoms with Crippen LogP contribution in [0.3, 0.4) is 0 Å². The van der Waals surface area contributed by atoms with Crippen LogP contribution in [0.1, 0.15) is 11.1 Å². The van der Waals surface area contributed by atoms with Gasteiger partial charge in [-0.3, -0.25) is 4.40 Å². The Morgan fingerprint density at radius 1 is 1.09 bits per heavy atom. The van der Waals surface area contributed by atoms with Crippen LogP contribution in [0.2, 0.25) is 0 Å². The van der Waals surface area contributed by atoms with Gasteiger partial charge in [0.05, 0.1) is 4.88 Å². The maximum absolute atomic E-state index is 4.70. The van der Waals surface area contributed by atoms with Crippen molar-refractivity contribution in [2.45, 2.75) is 13.8 Å². The largest absolute Gasteiger partial charge is 0.339 e. The van der Waals surface area contributed by atoms with Gasteiger partial charge in [-0.15, -0.1) is 11.3 Å². The third-order valence-corrected chi connectivity index (χ3v) is 4.89. The summed E-state index contributed by atoms with van der Waals surface area (Å²) in [4.78, 5) is 10.2. The van der Waals surface area contributed by atoms with Crippen LogP contribution in [0, 0.1) is 13.8 Å². The molecule has 1 aromatic carbocycles. The van der Waals surface area contributed by atoms with Crippen LogP contribution in [0.5, 0.6) is 0 Å². The zero-order valence-electron chi connectivity index (χ0n) is 12.9. The number of benzene rings is 1. The van der Waals surface area contributed by atoms with Crippen molar-refractivity contribution in [1.29, 1.82) is 0 Å². The molecule has 0 atom stereocenters. The minimum Gasteiger partial charge on any atom is -0.339 e. The number of nitrogens with zero attached hydrogens (tertiary/aromatic N) is 3. The molecule has 0 radical (unpaired) electrons. The van der Waals surface area contributed by atoms with E-state index < -0.39 is 0 Å². The fraction of sp³-hybridized carbons (Fsp3) is 0.111. The summed E-state index contributed by atoms with van der Waals surface area (Å²) >= 11 is 1.68. The minimum atomic E-state index is 0.698. The van der Waals surface area contributed by atoms with Crippen LogP contribution < -0.4 is 5.32 Å². The van der Waals surface area contributed by atoms with Crippen molar-refractivity contribution >= 4 is 28.6 Å². The van der Waals surface area contributed by atoms with Gasteiger partial charge in [0.1, 0.15) is 11.5 Å². The summed E-state index contributed by atoms with van der Waals surface area (Å²) < 4.78 is 2.00. The van der Waals surface area contributed by atoms with Crippen LogP contribution in [-0.2, 0) is 0 Å². The SMILES string of the molecule is Cc1cccc(Nc2c(-c3cccs3)nc3ncccn23)c1C. The first kappa shape index (κ1) is 14.0. The molecule has 3 aromatic heterocycles. The number of imidazole rings is 1. The molecule has 114 valence electrons. The Bertz CT molecular complexity index is 970. The van der Waals surface area contributed by atoms with Crippen molar-refractivity contribution < 1.29 is 0 Å². The number of fused-ring (bicyclic) bond motifs is 1. The highest BCUT2D eigenvalue weighted by atomic mass is 32.1. The summed E-state index contributed by atoms with van der Waals surface area (Å²) in [6, 6.07) is 12.3. The molecule has 0 aliphatic carbocycles. The van der Waals surface area contributed by atoms with E-state index in [0.29, 0.717) is 5.78 Å². The van der Waals surface area contributed by atoms with Crippen LogP contribution >= 0.6 is 11.3 Å². The molecule has 4 nitrogen and oxygen atoms in total. The predicted molar refractivity (Wildman–Crippen MR) is 95.5 cm³/mol. The van der Waals surface area contributed by atoms with Crippen molar-refractivity contribution in [1.82, 2.24) is 14.4 Å². The third kappa shape index (κ3) is 2.39. The Morgan fingerprint density at radius 2 is 2.00 bits per heavy atom. The lowest BCUT2D eigenvalue weighted by Gasteiger charge is -2.12. The zero-order valence-corrected chi connectivity index (χ0v) is 13.8. The molecule has 1 N–H and O–H groups in total. The Kier molecular flexibility index (Phi) is 3.35. The quantitative estimate of drug-likeness (QED) is 0.588. The van der Waals surface area contributed by atoms with Gasteiger partial charge >= 0.3 is 0 Å². The second-order valence-corrected chi connectivity index (χ2v) is 6.40. The van der Waals surface area contributed by atoms with Crippen LogP contribution in [0.15, 0.2) is 54.2 Å². The van der Waals surface area contributed by atoms with Gasteiger partial charge in [-0.25, -0.2) is 9.97 Å². The molecule has 4 aromatic rings. The van der Waals surface area contributed by atoms with E-state index in [1.165, 1.54) is 11.1 Å². The number of anilines is 2. The molecule has 5 heteroatoms. The summed E-state index contributed by atoms with van der Waals surface area (Å²) in [5.41, 5.74) is 4.52. The van der Waals surface area contributed by atoms with Crippen molar-refractivity contribution in [2.24, 2.45) is 0 Å². The molecule has 0 unspecified atom stereocenters. The maximum Gasteiger partial charge on any atom is 0.236 e. The molecule has 3 heterocycles. The smallest absolute Gasteiger partial charge is 0.236 e. The van der Waals surface area contributed by atoms with Crippen molar-refractivity contribution in [3.63, 3.8) is 0 Å². The average molecular weight is 320 g/mol. The fourth-order valence-electron chi connectivity index (χ4n) is 2.61. The molecule has 23 heavy (non-hydrogen) atoms. The van der Waals surface area contributed by atoms with Gasteiger partial charge in [-0.2, -0.15) is 0 Å². The highest BCUT2D eigenvalue weighted by Gasteiger charge is 2.16. The molecular formula is C18H16N4S. The van der Waals surface area contributed by atoms with Crippen molar-refractivity contribution in [2.75, 3.05) is 5.32 Å². The second kappa shape index (κ2) is 5.52. The molecular weight excluding hydrogens is 304 g/mol. The zero-order chi connectivity index (χ0) is 15.8. The first-order chi connectivity index (χ1) is 11.2. The van der Waals surface area contributed by atoms with E-state index in [0.717, 1.165) is 22.1 Å². The number of hydrogen-bond donors (Lipinski definition) is 1. The number of aromatic nitrogens is 3. The van der Waals surface area contributed by atoms with Gasteiger partial charge in [0.25, 0.3) is 0 Å². The molecule has 0 saturated heterocycles. The maximum atomic E-state index is 4.70. The number of nitrogens with one attached hydrogen (secondary N) is 1. The standard InChI is InChI=1S/C18H16N4S/c1-12-6-3-7-14(13(12)2)20-17-16(15-8-4-11-23-15)21-18-19-9-5-10-22(17)18/h3-11,20H,1-2H3. The van der Waals surface area contributed by atoms with Gasteiger partial charge in [-0.05, 0) is 48.6 Å². The molecule has 0 aliphatic heterocycles. The van der Waals surface area contributed by atoms with E-state index in [1.807, 2.05) is 22.7 Å². The van der Waals surface area contributed by atoms with Gasteiger partial charge in [-0.1, -0.05) is 18.2 Å². The highest BCUT2D eigenvalue weighted by Crippen LogP contribution is 2.34. The third-order valence-electron chi connectivity index (χ3n) is 4.02. The Balaban J connectivity index is 1.91. The topological polar surface area (TPSA) is 42.2 Å². The minimum absolute atomic E-state index is 0.698. The van der Waals surface area contributed by atoms with Gasteiger partial charge in [0.15, 0.2) is 0 Å². The predicted octanol–water partition coefficient (Wildman–Crippen LogP) is 4.82. The molecule has 0 spiro atoms. The number of aryl methyl sites for hydroxylation is 1. The Hall–Kier alpha value is -2.66. The average Bonchev–Trinajstić information content (AvgIpc) is 3.20. The normalized spacial score (nSPS) is 11.0.